The number of hydrogen-bond acceptors (Lipinski definition) is 3. The van der Waals surface area contributed by atoms with E-state index in [1.54, 1.807) is 11.8 Å². The van der Waals surface area contributed by atoms with Crippen molar-refractivity contribution in [1.82, 2.24) is 14.8 Å². The van der Waals surface area contributed by atoms with Gasteiger partial charge in [0.2, 0.25) is 0 Å². The van der Waals surface area contributed by atoms with Crippen LogP contribution in [0.4, 0.5) is 0 Å². The fourth-order valence-electron chi connectivity index (χ4n) is 2.22. The zero-order valence-corrected chi connectivity index (χ0v) is 13.2. The van der Waals surface area contributed by atoms with Crippen LogP contribution in [-0.2, 0) is 0 Å². The largest absolute Gasteiger partial charge is 0.270 e. The Morgan fingerprint density at radius 1 is 0.810 bits per heavy atom. The Hall–Kier alpha value is -2.07. The van der Waals surface area contributed by atoms with E-state index in [2.05, 4.69) is 77.1 Å². The molecular formula is C17H17N3S. The van der Waals surface area contributed by atoms with Gasteiger partial charge in [-0.3, -0.25) is 4.57 Å². The van der Waals surface area contributed by atoms with E-state index in [1.807, 2.05) is 6.26 Å². The van der Waals surface area contributed by atoms with E-state index < -0.39 is 0 Å². The molecule has 0 saturated carbocycles. The molecule has 3 aromatic rings. The summed E-state index contributed by atoms with van der Waals surface area (Å²) in [7, 11) is 0. The third-order valence-corrected chi connectivity index (χ3v) is 4.05. The van der Waals surface area contributed by atoms with Crippen molar-refractivity contribution < 1.29 is 0 Å². The molecule has 2 aromatic carbocycles. The second-order valence-electron chi connectivity index (χ2n) is 5.05. The Balaban J connectivity index is 2.16. The first-order chi connectivity index (χ1) is 10.2. The molecule has 0 aliphatic heterocycles. The monoisotopic (exact) mass is 295 g/mol. The van der Waals surface area contributed by atoms with Gasteiger partial charge in [0.25, 0.3) is 0 Å². The number of aryl methyl sites for hydroxylation is 2. The summed E-state index contributed by atoms with van der Waals surface area (Å²) in [5.74, 6) is 0.878. The highest BCUT2D eigenvalue weighted by Gasteiger charge is 2.14. The van der Waals surface area contributed by atoms with Gasteiger partial charge in [0.05, 0.1) is 0 Å². The molecule has 0 amide bonds. The molecule has 0 atom stereocenters. The third kappa shape index (κ3) is 2.72. The van der Waals surface area contributed by atoms with Gasteiger partial charge in [0.1, 0.15) is 0 Å². The van der Waals surface area contributed by atoms with Gasteiger partial charge in [-0.15, -0.1) is 10.2 Å². The lowest BCUT2D eigenvalue weighted by Gasteiger charge is -2.10. The summed E-state index contributed by atoms with van der Waals surface area (Å²) in [6.07, 6.45) is 2.02. The van der Waals surface area contributed by atoms with Crippen molar-refractivity contribution in [2.24, 2.45) is 0 Å². The maximum Gasteiger partial charge on any atom is 0.195 e. The van der Waals surface area contributed by atoms with Crippen LogP contribution in [0, 0.1) is 13.8 Å². The molecule has 3 nitrogen and oxygen atoms in total. The SMILES string of the molecule is CSc1nnc(-c2ccc(C)cc2)n1-c1ccc(C)cc1. The lowest BCUT2D eigenvalue weighted by molar-refractivity contribution is 0.888. The van der Waals surface area contributed by atoms with Crippen molar-refractivity contribution in [1.29, 1.82) is 0 Å². The standard InChI is InChI=1S/C17H17N3S/c1-12-4-8-14(9-5-12)16-18-19-17(21-3)20(16)15-10-6-13(2)7-11-15/h4-11H,1-3H3. The molecule has 0 unspecified atom stereocenters. The van der Waals surface area contributed by atoms with Crippen LogP contribution in [0.25, 0.3) is 17.1 Å². The molecule has 3 rings (SSSR count). The smallest absolute Gasteiger partial charge is 0.195 e. The predicted molar refractivity (Wildman–Crippen MR) is 88.1 cm³/mol. The van der Waals surface area contributed by atoms with E-state index in [9.17, 15) is 0 Å². The molecule has 0 radical (unpaired) electrons. The second kappa shape index (κ2) is 5.74. The van der Waals surface area contributed by atoms with Crippen LogP contribution in [0.15, 0.2) is 53.7 Å². The molecule has 0 N–H and O–H groups in total. The summed E-state index contributed by atoms with van der Waals surface area (Å²) >= 11 is 1.60. The molecule has 1 heterocycles. The highest BCUT2D eigenvalue weighted by atomic mass is 32.2. The van der Waals surface area contributed by atoms with E-state index in [4.69, 9.17) is 0 Å². The Bertz CT molecular complexity index is 743. The highest BCUT2D eigenvalue weighted by molar-refractivity contribution is 7.98. The molecule has 21 heavy (non-hydrogen) atoms. The molecule has 0 saturated heterocycles. The molecule has 0 bridgehead atoms. The maximum atomic E-state index is 4.38. The number of thioether (sulfide) groups is 1. The third-order valence-electron chi connectivity index (χ3n) is 3.42. The van der Waals surface area contributed by atoms with Crippen molar-refractivity contribution in [3.05, 3.63) is 59.7 Å². The van der Waals surface area contributed by atoms with Gasteiger partial charge in [0, 0.05) is 11.3 Å². The van der Waals surface area contributed by atoms with Crippen LogP contribution in [0.2, 0.25) is 0 Å². The fourth-order valence-corrected chi connectivity index (χ4v) is 2.72. The van der Waals surface area contributed by atoms with Crippen LogP contribution in [0.1, 0.15) is 11.1 Å². The Morgan fingerprint density at radius 3 is 1.95 bits per heavy atom. The summed E-state index contributed by atoms with van der Waals surface area (Å²) in [6, 6.07) is 16.8. The van der Waals surface area contributed by atoms with Crippen molar-refractivity contribution in [2.75, 3.05) is 6.26 Å². The summed E-state index contributed by atoms with van der Waals surface area (Å²) < 4.78 is 2.11. The maximum absolute atomic E-state index is 4.38. The van der Waals surface area contributed by atoms with Crippen LogP contribution < -0.4 is 0 Å². The summed E-state index contributed by atoms with van der Waals surface area (Å²) in [6.45, 7) is 4.17. The predicted octanol–water partition coefficient (Wildman–Crippen LogP) is 4.27. The molecule has 0 aliphatic carbocycles. The van der Waals surface area contributed by atoms with Gasteiger partial charge in [0.15, 0.2) is 11.0 Å². The van der Waals surface area contributed by atoms with Gasteiger partial charge in [-0.25, -0.2) is 0 Å². The number of aromatic nitrogens is 3. The van der Waals surface area contributed by atoms with Gasteiger partial charge < -0.3 is 0 Å². The average Bonchev–Trinajstić information content (AvgIpc) is 2.93. The van der Waals surface area contributed by atoms with Gasteiger partial charge in [-0.05, 0) is 32.2 Å². The molecule has 0 aliphatic rings. The fraction of sp³-hybridized carbons (Fsp3) is 0.176. The van der Waals surface area contributed by atoms with Gasteiger partial charge in [-0.1, -0.05) is 59.3 Å². The summed E-state index contributed by atoms with van der Waals surface area (Å²) in [5.41, 5.74) is 4.65. The Labute approximate surface area is 129 Å². The first kappa shape index (κ1) is 13.9. The lowest BCUT2D eigenvalue weighted by Crippen LogP contribution is -1.99. The number of rotatable bonds is 3. The minimum atomic E-state index is 0.878. The van der Waals surface area contributed by atoms with Gasteiger partial charge >= 0.3 is 0 Å². The minimum absolute atomic E-state index is 0.878. The second-order valence-corrected chi connectivity index (χ2v) is 5.82. The van der Waals surface area contributed by atoms with Crippen molar-refractivity contribution in [3.63, 3.8) is 0 Å². The quantitative estimate of drug-likeness (QED) is 0.676. The molecule has 4 heteroatoms. The number of hydrogen-bond donors (Lipinski definition) is 0. The van der Waals surface area contributed by atoms with Crippen LogP contribution in [0.3, 0.4) is 0 Å². The van der Waals surface area contributed by atoms with Crippen molar-refractivity contribution in [3.8, 4) is 17.1 Å². The lowest BCUT2D eigenvalue weighted by atomic mass is 10.1. The Kier molecular flexibility index (Phi) is 3.80. The molecule has 0 fully saturated rings. The number of nitrogens with zero attached hydrogens (tertiary/aromatic N) is 3. The zero-order valence-electron chi connectivity index (χ0n) is 12.4. The van der Waals surface area contributed by atoms with Crippen molar-refractivity contribution >= 4 is 11.8 Å². The number of benzene rings is 2. The molecular weight excluding hydrogens is 278 g/mol. The topological polar surface area (TPSA) is 30.7 Å². The van der Waals surface area contributed by atoms with E-state index >= 15 is 0 Å². The normalized spacial score (nSPS) is 10.8. The summed E-state index contributed by atoms with van der Waals surface area (Å²) in [4.78, 5) is 0. The van der Waals surface area contributed by atoms with Crippen molar-refractivity contribution in [2.45, 2.75) is 19.0 Å². The molecule has 1 aromatic heterocycles. The minimum Gasteiger partial charge on any atom is -0.270 e. The van der Waals surface area contributed by atoms with Crippen LogP contribution >= 0.6 is 11.8 Å². The Morgan fingerprint density at radius 2 is 1.38 bits per heavy atom. The first-order valence-electron chi connectivity index (χ1n) is 6.82. The van der Waals surface area contributed by atoms with E-state index in [0.717, 1.165) is 22.2 Å². The van der Waals surface area contributed by atoms with E-state index in [-0.39, 0.29) is 0 Å². The van der Waals surface area contributed by atoms with E-state index in [1.165, 1.54) is 11.1 Å². The van der Waals surface area contributed by atoms with Gasteiger partial charge in [-0.2, -0.15) is 0 Å². The zero-order chi connectivity index (χ0) is 14.8. The summed E-state index contributed by atoms with van der Waals surface area (Å²) in [5, 5.41) is 9.58. The van der Waals surface area contributed by atoms with Crippen LogP contribution in [0.5, 0.6) is 0 Å². The van der Waals surface area contributed by atoms with E-state index in [0.29, 0.717) is 0 Å². The molecule has 106 valence electrons. The first-order valence-corrected chi connectivity index (χ1v) is 8.05. The average molecular weight is 295 g/mol. The van der Waals surface area contributed by atoms with Crippen LogP contribution in [-0.4, -0.2) is 21.0 Å². The molecule has 0 spiro atoms. The highest BCUT2D eigenvalue weighted by Crippen LogP contribution is 2.27.